The summed E-state index contributed by atoms with van der Waals surface area (Å²) < 4.78 is 19.5. The fraction of sp³-hybridized carbons (Fsp3) is 0.588. The van der Waals surface area contributed by atoms with Crippen molar-refractivity contribution in [3.8, 4) is 11.8 Å². The van der Waals surface area contributed by atoms with Crippen LogP contribution in [0.4, 0.5) is 5.82 Å². The molecule has 26 heavy (non-hydrogen) atoms. The number of rotatable bonds is 2. The van der Waals surface area contributed by atoms with Crippen LogP contribution in [0.3, 0.4) is 0 Å². The van der Waals surface area contributed by atoms with Crippen LogP contribution in [0.2, 0.25) is 0 Å². The molecule has 4 heterocycles. The quantitative estimate of drug-likeness (QED) is 0.748. The molecule has 4 atom stereocenters. The van der Waals surface area contributed by atoms with Gasteiger partial charge in [-0.1, -0.05) is 12.8 Å². The van der Waals surface area contributed by atoms with Crippen molar-refractivity contribution in [3.05, 3.63) is 12.0 Å². The van der Waals surface area contributed by atoms with Crippen LogP contribution in [0.15, 0.2) is 6.33 Å². The van der Waals surface area contributed by atoms with Crippen LogP contribution < -0.4 is 5.73 Å². The molecule has 0 radical (unpaired) electrons. The molecule has 9 heteroatoms. The monoisotopic (exact) mass is 359 g/mol. The van der Waals surface area contributed by atoms with Crippen LogP contribution in [0.5, 0.6) is 0 Å². The standard InChI is InChI=1S/C17H21N5O4/c1-4-5-6-9-11-14(18)19-8-20-15(11)22(21-9)16-13-12(10(7-23)24-16)25-17(2,3)26-13/h8,10,12-13,16,23H,4,7H2,1-3H3,(H2,18,19,20)/t10-,12-,13-,16-/m1/s1. The molecule has 0 aliphatic carbocycles. The highest BCUT2D eigenvalue weighted by atomic mass is 16.8. The van der Waals surface area contributed by atoms with Crippen molar-refractivity contribution in [3.63, 3.8) is 0 Å². The van der Waals surface area contributed by atoms with Gasteiger partial charge < -0.3 is 25.1 Å². The van der Waals surface area contributed by atoms with Crippen molar-refractivity contribution in [1.82, 2.24) is 19.7 Å². The van der Waals surface area contributed by atoms with Crippen LogP contribution >= 0.6 is 0 Å². The normalized spacial score (nSPS) is 29.5. The molecule has 2 aromatic heterocycles. The summed E-state index contributed by atoms with van der Waals surface area (Å²) in [6.07, 6.45) is 0.0867. The molecule has 2 aromatic rings. The molecule has 0 aromatic carbocycles. The van der Waals surface area contributed by atoms with Crippen molar-refractivity contribution in [1.29, 1.82) is 0 Å². The summed E-state index contributed by atoms with van der Waals surface area (Å²) in [7, 11) is 0. The predicted octanol–water partition coefficient (Wildman–Crippen LogP) is 0.580. The molecule has 2 saturated heterocycles. The highest BCUT2D eigenvalue weighted by molar-refractivity contribution is 5.90. The molecule has 0 bridgehead atoms. The number of aliphatic hydroxyl groups excluding tert-OH is 1. The summed E-state index contributed by atoms with van der Waals surface area (Å²) in [6.45, 7) is 5.43. The molecule has 2 aliphatic rings. The largest absolute Gasteiger partial charge is 0.394 e. The van der Waals surface area contributed by atoms with Gasteiger partial charge in [0.1, 0.15) is 36.2 Å². The van der Waals surface area contributed by atoms with Gasteiger partial charge in [0.05, 0.1) is 12.0 Å². The lowest BCUT2D eigenvalue weighted by molar-refractivity contribution is -0.201. The van der Waals surface area contributed by atoms with Gasteiger partial charge in [-0.05, 0) is 19.8 Å². The number of hydrogen-bond acceptors (Lipinski definition) is 8. The predicted molar refractivity (Wildman–Crippen MR) is 91.7 cm³/mol. The molecule has 0 amide bonds. The maximum Gasteiger partial charge on any atom is 0.181 e. The van der Waals surface area contributed by atoms with E-state index in [-0.39, 0.29) is 6.61 Å². The molecule has 0 saturated carbocycles. The van der Waals surface area contributed by atoms with Gasteiger partial charge in [0.25, 0.3) is 0 Å². The Kier molecular flexibility index (Phi) is 4.08. The number of fused-ring (bicyclic) bond motifs is 2. The molecular formula is C17H21N5O4. The van der Waals surface area contributed by atoms with E-state index in [2.05, 4.69) is 26.9 Å². The zero-order valence-electron chi connectivity index (χ0n) is 14.8. The van der Waals surface area contributed by atoms with Gasteiger partial charge in [0, 0.05) is 6.42 Å². The Balaban J connectivity index is 1.83. The number of ether oxygens (including phenoxy) is 3. The zero-order valence-corrected chi connectivity index (χ0v) is 14.8. The Morgan fingerprint density at radius 3 is 2.81 bits per heavy atom. The van der Waals surface area contributed by atoms with Crippen molar-refractivity contribution < 1.29 is 19.3 Å². The van der Waals surface area contributed by atoms with E-state index in [1.54, 1.807) is 4.68 Å². The Bertz CT molecular complexity index is 900. The third-order valence-corrected chi connectivity index (χ3v) is 4.45. The van der Waals surface area contributed by atoms with E-state index in [4.69, 9.17) is 19.9 Å². The lowest BCUT2D eigenvalue weighted by Gasteiger charge is -2.23. The number of anilines is 1. The molecule has 138 valence electrons. The van der Waals surface area contributed by atoms with Crippen LogP contribution in [0.25, 0.3) is 11.0 Å². The van der Waals surface area contributed by atoms with Crippen LogP contribution in [0, 0.1) is 11.8 Å². The van der Waals surface area contributed by atoms with Gasteiger partial charge in [0.15, 0.2) is 17.7 Å². The first-order valence-corrected chi connectivity index (χ1v) is 8.54. The van der Waals surface area contributed by atoms with Gasteiger partial charge >= 0.3 is 0 Å². The molecule has 3 N–H and O–H groups in total. The highest BCUT2D eigenvalue weighted by Crippen LogP contribution is 2.43. The number of aliphatic hydroxyl groups is 1. The Morgan fingerprint density at radius 1 is 1.31 bits per heavy atom. The second-order valence-corrected chi connectivity index (χ2v) is 6.72. The molecule has 0 unspecified atom stereocenters. The van der Waals surface area contributed by atoms with Gasteiger partial charge in [0.2, 0.25) is 0 Å². The van der Waals surface area contributed by atoms with E-state index in [9.17, 15) is 5.11 Å². The second kappa shape index (κ2) is 6.17. The summed E-state index contributed by atoms with van der Waals surface area (Å²) in [6, 6.07) is 0. The fourth-order valence-electron chi connectivity index (χ4n) is 3.44. The average Bonchev–Trinajstić information content (AvgIpc) is 3.22. The minimum atomic E-state index is -0.771. The molecule has 2 aliphatic heterocycles. The van der Waals surface area contributed by atoms with Crippen molar-refractivity contribution in [2.24, 2.45) is 0 Å². The van der Waals surface area contributed by atoms with Crippen molar-refractivity contribution in [2.75, 3.05) is 12.3 Å². The average molecular weight is 359 g/mol. The SMILES string of the molecule is CCC#Cc1nn([C@@H]2O[C@H](CO)[C@H]3OC(C)(C)O[C@H]32)c2ncnc(N)c12. The zero-order chi connectivity index (χ0) is 18.5. The van der Waals surface area contributed by atoms with E-state index in [0.29, 0.717) is 29.0 Å². The Morgan fingerprint density at radius 2 is 2.08 bits per heavy atom. The summed E-state index contributed by atoms with van der Waals surface area (Å²) in [5.74, 6) is 5.53. The summed E-state index contributed by atoms with van der Waals surface area (Å²) in [4.78, 5) is 8.36. The van der Waals surface area contributed by atoms with E-state index in [1.807, 2.05) is 20.8 Å². The van der Waals surface area contributed by atoms with Crippen molar-refractivity contribution in [2.45, 2.75) is 57.5 Å². The maximum absolute atomic E-state index is 9.67. The van der Waals surface area contributed by atoms with Gasteiger partial charge in [-0.3, -0.25) is 0 Å². The lowest BCUT2D eigenvalue weighted by atomic mass is 10.1. The van der Waals surface area contributed by atoms with E-state index < -0.39 is 30.3 Å². The number of nitrogens with zero attached hydrogens (tertiary/aromatic N) is 4. The lowest BCUT2D eigenvalue weighted by Crippen LogP contribution is -2.31. The van der Waals surface area contributed by atoms with Gasteiger partial charge in [-0.2, -0.15) is 5.10 Å². The highest BCUT2D eigenvalue weighted by Gasteiger charge is 2.56. The number of aromatic nitrogens is 4. The van der Waals surface area contributed by atoms with Crippen LogP contribution in [-0.2, 0) is 14.2 Å². The smallest absolute Gasteiger partial charge is 0.181 e. The first-order chi connectivity index (χ1) is 12.4. The molecule has 0 spiro atoms. The fourth-order valence-corrected chi connectivity index (χ4v) is 3.44. The summed E-state index contributed by atoms with van der Waals surface area (Å²) >= 11 is 0. The number of nitrogen functional groups attached to an aromatic ring is 1. The van der Waals surface area contributed by atoms with Crippen LogP contribution in [-0.4, -0.2) is 55.6 Å². The molecule has 2 fully saturated rings. The third-order valence-electron chi connectivity index (χ3n) is 4.45. The minimum absolute atomic E-state index is 0.185. The molecular weight excluding hydrogens is 338 g/mol. The first kappa shape index (κ1) is 17.2. The van der Waals surface area contributed by atoms with Gasteiger partial charge in [-0.25, -0.2) is 14.6 Å². The molecule has 9 nitrogen and oxygen atoms in total. The molecule has 4 rings (SSSR count). The third kappa shape index (κ3) is 2.62. The first-order valence-electron chi connectivity index (χ1n) is 8.54. The minimum Gasteiger partial charge on any atom is -0.394 e. The van der Waals surface area contributed by atoms with Gasteiger partial charge in [-0.15, -0.1) is 0 Å². The van der Waals surface area contributed by atoms with E-state index >= 15 is 0 Å². The topological polar surface area (TPSA) is 118 Å². The summed E-state index contributed by atoms with van der Waals surface area (Å²) in [5.41, 5.74) is 7.03. The maximum atomic E-state index is 9.67. The number of hydrogen-bond donors (Lipinski definition) is 2. The van der Waals surface area contributed by atoms with E-state index in [1.165, 1.54) is 6.33 Å². The van der Waals surface area contributed by atoms with E-state index in [0.717, 1.165) is 0 Å². The Hall–Kier alpha value is -2.25. The second-order valence-electron chi connectivity index (χ2n) is 6.72. The van der Waals surface area contributed by atoms with Crippen molar-refractivity contribution >= 4 is 16.9 Å². The Labute approximate surface area is 150 Å². The van der Waals surface area contributed by atoms with Crippen LogP contribution in [0.1, 0.15) is 39.1 Å². The summed E-state index contributed by atoms with van der Waals surface area (Å²) in [5, 5.41) is 14.8. The number of nitrogens with two attached hydrogens (primary N) is 1.